The third kappa shape index (κ3) is 3.55. The Labute approximate surface area is 152 Å². The van der Waals surface area contributed by atoms with Gasteiger partial charge in [-0.25, -0.2) is 9.78 Å². The third-order valence-electron chi connectivity index (χ3n) is 3.62. The van der Waals surface area contributed by atoms with Crippen LogP contribution in [0, 0.1) is 0 Å². The highest BCUT2D eigenvalue weighted by Crippen LogP contribution is 2.31. The number of halogens is 1. The summed E-state index contributed by atoms with van der Waals surface area (Å²) in [6.45, 7) is 1.63. The van der Waals surface area contributed by atoms with E-state index in [0.29, 0.717) is 16.3 Å². The Kier molecular flexibility index (Phi) is 4.94. The van der Waals surface area contributed by atoms with Crippen molar-refractivity contribution in [2.24, 2.45) is 0 Å². The van der Waals surface area contributed by atoms with Crippen molar-refractivity contribution in [1.29, 1.82) is 0 Å². The van der Waals surface area contributed by atoms with E-state index in [1.165, 1.54) is 18.6 Å². The normalized spacial score (nSPS) is 11.8. The molecule has 0 fully saturated rings. The number of carboxylic acids is 1. The lowest BCUT2D eigenvalue weighted by atomic mass is 10.0. The fourth-order valence-electron chi connectivity index (χ4n) is 2.43. The molecule has 2 aromatic heterocycles. The van der Waals surface area contributed by atoms with Gasteiger partial charge in [-0.1, -0.05) is 28.9 Å². The Morgan fingerprint density at radius 3 is 2.58 bits per heavy atom. The van der Waals surface area contributed by atoms with Crippen LogP contribution in [0.2, 0.25) is 5.02 Å². The first-order valence-corrected chi connectivity index (χ1v) is 7.91. The predicted molar refractivity (Wildman–Crippen MR) is 91.8 cm³/mol. The van der Waals surface area contributed by atoms with Gasteiger partial charge in [-0.05, 0) is 19.1 Å². The number of rotatable bonds is 5. The van der Waals surface area contributed by atoms with Crippen LogP contribution in [0.5, 0.6) is 0 Å². The standard InChI is InChI=1S/C17H13ClN4O4/c1-9(21-16(23)12-8-19-6-7-20-12)13-14(22-26-15(13)17(24)25)10-2-4-11(18)5-3-10/h2-9H,1H3,(H,21,23)(H,24,25)/t9-/m1/s1. The van der Waals surface area contributed by atoms with Crippen molar-refractivity contribution in [1.82, 2.24) is 20.4 Å². The zero-order valence-electron chi connectivity index (χ0n) is 13.5. The topological polar surface area (TPSA) is 118 Å². The van der Waals surface area contributed by atoms with Crippen LogP contribution in [0.3, 0.4) is 0 Å². The van der Waals surface area contributed by atoms with E-state index in [0.717, 1.165) is 0 Å². The molecule has 132 valence electrons. The van der Waals surface area contributed by atoms with Gasteiger partial charge in [0.25, 0.3) is 5.91 Å². The van der Waals surface area contributed by atoms with Crippen LogP contribution >= 0.6 is 11.6 Å². The van der Waals surface area contributed by atoms with Crippen molar-refractivity contribution in [3.63, 3.8) is 0 Å². The number of nitrogens with one attached hydrogen (secondary N) is 1. The minimum Gasteiger partial charge on any atom is -0.475 e. The molecule has 0 spiro atoms. The van der Waals surface area contributed by atoms with Crippen LogP contribution in [0.1, 0.15) is 39.6 Å². The fourth-order valence-corrected chi connectivity index (χ4v) is 2.55. The highest BCUT2D eigenvalue weighted by Gasteiger charge is 2.28. The van der Waals surface area contributed by atoms with Gasteiger partial charge < -0.3 is 14.9 Å². The maximum atomic E-state index is 12.3. The van der Waals surface area contributed by atoms with Gasteiger partial charge in [0.15, 0.2) is 0 Å². The molecular weight excluding hydrogens is 360 g/mol. The Bertz CT molecular complexity index is 941. The number of hydrogen-bond acceptors (Lipinski definition) is 6. The second-order valence-electron chi connectivity index (χ2n) is 5.37. The Hall–Kier alpha value is -3.26. The van der Waals surface area contributed by atoms with E-state index in [9.17, 15) is 14.7 Å². The number of carboxylic acid groups (broad SMARTS) is 1. The van der Waals surface area contributed by atoms with Crippen molar-refractivity contribution >= 4 is 23.5 Å². The molecule has 0 radical (unpaired) electrons. The van der Waals surface area contributed by atoms with Crippen LogP contribution in [-0.2, 0) is 0 Å². The minimum absolute atomic E-state index is 0.112. The SMILES string of the molecule is C[C@@H](NC(=O)c1cnccn1)c1c(-c2ccc(Cl)cc2)noc1C(=O)O. The summed E-state index contributed by atoms with van der Waals surface area (Å²) in [6.07, 6.45) is 4.15. The molecule has 3 aromatic rings. The molecule has 0 aliphatic heterocycles. The summed E-state index contributed by atoms with van der Waals surface area (Å²) in [6, 6.07) is 5.98. The molecule has 2 heterocycles. The molecule has 9 heteroatoms. The summed E-state index contributed by atoms with van der Waals surface area (Å²) >= 11 is 5.89. The molecule has 0 aliphatic carbocycles. The highest BCUT2D eigenvalue weighted by atomic mass is 35.5. The van der Waals surface area contributed by atoms with E-state index >= 15 is 0 Å². The van der Waals surface area contributed by atoms with Crippen molar-refractivity contribution < 1.29 is 19.2 Å². The van der Waals surface area contributed by atoms with Gasteiger partial charge in [-0.15, -0.1) is 0 Å². The van der Waals surface area contributed by atoms with Gasteiger partial charge in [0.1, 0.15) is 11.4 Å². The maximum Gasteiger partial charge on any atom is 0.375 e. The minimum atomic E-state index is -1.28. The molecule has 1 aromatic carbocycles. The van der Waals surface area contributed by atoms with Gasteiger partial charge >= 0.3 is 5.97 Å². The highest BCUT2D eigenvalue weighted by molar-refractivity contribution is 6.30. The molecule has 1 amide bonds. The lowest BCUT2D eigenvalue weighted by Gasteiger charge is -2.14. The van der Waals surface area contributed by atoms with Crippen molar-refractivity contribution in [2.45, 2.75) is 13.0 Å². The van der Waals surface area contributed by atoms with Crippen molar-refractivity contribution in [3.8, 4) is 11.3 Å². The van der Waals surface area contributed by atoms with Gasteiger partial charge in [0.2, 0.25) is 5.76 Å². The van der Waals surface area contributed by atoms with Gasteiger partial charge in [0.05, 0.1) is 17.8 Å². The monoisotopic (exact) mass is 372 g/mol. The first-order chi connectivity index (χ1) is 12.5. The average molecular weight is 373 g/mol. The summed E-state index contributed by atoms with van der Waals surface area (Å²) in [7, 11) is 0. The van der Waals surface area contributed by atoms with Crippen molar-refractivity contribution in [2.75, 3.05) is 0 Å². The average Bonchev–Trinajstić information content (AvgIpc) is 3.08. The molecular formula is C17H13ClN4O4. The van der Waals surface area contributed by atoms with Gasteiger partial charge in [-0.2, -0.15) is 0 Å². The summed E-state index contributed by atoms with van der Waals surface area (Å²) in [5, 5.41) is 16.5. The Morgan fingerprint density at radius 2 is 1.96 bits per heavy atom. The molecule has 8 nitrogen and oxygen atoms in total. The fraction of sp³-hybridized carbons (Fsp3) is 0.118. The van der Waals surface area contributed by atoms with Crippen LogP contribution in [0.15, 0.2) is 47.4 Å². The second-order valence-corrected chi connectivity index (χ2v) is 5.81. The van der Waals surface area contributed by atoms with E-state index in [2.05, 4.69) is 20.4 Å². The van der Waals surface area contributed by atoms with Crippen LogP contribution in [0.4, 0.5) is 0 Å². The molecule has 1 atom stereocenters. The zero-order chi connectivity index (χ0) is 18.7. The molecule has 3 rings (SSSR count). The maximum absolute atomic E-state index is 12.3. The number of amides is 1. The quantitative estimate of drug-likeness (QED) is 0.706. The summed E-state index contributed by atoms with van der Waals surface area (Å²) in [5.41, 5.74) is 1.28. The summed E-state index contributed by atoms with van der Waals surface area (Å²) in [4.78, 5) is 31.5. The number of nitrogens with zero attached hydrogens (tertiary/aromatic N) is 3. The number of carbonyl (C=O) groups is 2. The largest absolute Gasteiger partial charge is 0.475 e. The zero-order valence-corrected chi connectivity index (χ0v) is 14.3. The van der Waals surface area contributed by atoms with Gasteiger partial charge in [0, 0.05) is 23.0 Å². The summed E-state index contributed by atoms with van der Waals surface area (Å²) in [5.74, 6) is -2.12. The number of aromatic nitrogens is 3. The molecule has 0 bridgehead atoms. The number of carbonyl (C=O) groups excluding carboxylic acids is 1. The molecule has 0 saturated heterocycles. The predicted octanol–water partition coefficient (Wildman–Crippen LogP) is 2.97. The first kappa shape index (κ1) is 17.6. The van der Waals surface area contributed by atoms with Crippen LogP contribution in [0.25, 0.3) is 11.3 Å². The molecule has 2 N–H and O–H groups in total. The molecule has 0 aliphatic rings. The van der Waals surface area contributed by atoms with E-state index < -0.39 is 17.9 Å². The number of benzene rings is 1. The van der Waals surface area contributed by atoms with Gasteiger partial charge in [-0.3, -0.25) is 9.78 Å². The lowest BCUT2D eigenvalue weighted by molar-refractivity contribution is 0.0648. The van der Waals surface area contributed by atoms with Crippen molar-refractivity contribution in [3.05, 3.63) is 64.9 Å². The second kappa shape index (κ2) is 7.32. The Morgan fingerprint density at radius 1 is 1.23 bits per heavy atom. The summed E-state index contributed by atoms with van der Waals surface area (Å²) < 4.78 is 4.99. The first-order valence-electron chi connectivity index (χ1n) is 7.53. The lowest BCUT2D eigenvalue weighted by Crippen LogP contribution is -2.28. The van der Waals surface area contributed by atoms with E-state index in [1.807, 2.05) is 0 Å². The third-order valence-corrected chi connectivity index (χ3v) is 3.87. The smallest absolute Gasteiger partial charge is 0.375 e. The van der Waals surface area contributed by atoms with E-state index in [-0.39, 0.29) is 17.0 Å². The van der Waals surface area contributed by atoms with E-state index in [4.69, 9.17) is 16.1 Å². The number of aromatic carboxylic acids is 1. The van der Waals surface area contributed by atoms with Crippen LogP contribution < -0.4 is 5.32 Å². The van der Waals surface area contributed by atoms with E-state index in [1.54, 1.807) is 31.2 Å². The van der Waals surface area contributed by atoms with Crippen LogP contribution in [-0.4, -0.2) is 32.1 Å². The Balaban J connectivity index is 1.96. The molecule has 26 heavy (non-hydrogen) atoms. The molecule has 0 unspecified atom stereocenters. The number of hydrogen-bond donors (Lipinski definition) is 2. The molecule has 0 saturated carbocycles.